The Bertz CT molecular complexity index is 185. The highest BCUT2D eigenvalue weighted by Gasteiger charge is 2.28. The summed E-state index contributed by atoms with van der Waals surface area (Å²) in [6.07, 6.45) is 0. The van der Waals surface area contributed by atoms with Crippen LogP contribution in [0.3, 0.4) is 0 Å². The van der Waals surface area contributed by atoms with Crippen molar-refractivity contribution in [3.63, 3.8) is 0 Å². The number of likely N-dealkylation sites (N-methyl/N-ethyl adjacent to an activating group) is 1. The third-order valence-electron chi connectivity index (χ3n) is 2.70. The molecule has 15 heavy (non-hydrogen) atoms. The number of nitrogens with zero attached hydrogens (tertiary/aromatic N) is 1. The summed E-state index contributed by atoms with van der Waals surface area (Å²) < 4.78 is 5.65. The van der Waals surface area contributed by atoms with Gasteiger partial charge in [-0.05, 0) is 20.4 Å². The number of rotatable bonds is 5. The van der Waals surface area contributed by atoms with Gasteiger partial charge in [0.15, 0.2) is 0 Å². The van der Waals surface area contributed by atoms with Crippen molar-refractivity contribution in [2.45, 2.75) is 32.4 Å². The van der Waals surface area contributed by atoms with Crippen molar-refractivity contribution in [3.8, 4) is 0 Å². The standard InChI is InChI=1S/C11H24N2O2/c1-4-12-10(8-14)7-13-5-6-15-11(2,3)9-13/h10,12,14H,4-9H2,1-3H3. The molecule has 1 heterocycles. The predicted molar refractivity (Wildman–Crippen MR) is 61.0 cm³/mol. The number of aliphatic hydroxyl groups is 1. The first-order valence-electron chi connectivity index (χ1n) is 5.78. The summed E-state index contributed by atoms with van der Waals surface area (Å²) in [7, 11) is 0. The molecule has 1 unspecified atom stereocenters. The van der Waals surface area contributed by atoms with Gasteiger partial charge in [-0.15, -0.1) is 0 Å². The molecule has 1 rings (SSSR count). The van der Waals surface area contributed by atoms with Crippen LogP contribution in [0.25, 0.3) is 0 Å². The van der Waals surface area contributed by atoms with E-state index >= 15 is 0 Å². The molecule has 0 bridgehead atoms. The molecule has 4 heteroatoms. The van der Waals surface area contributed by atoms with Gasteiger partial charge in [-0.25, -0.2) is 0 Å². The molecule has 1 aliphatic rings. The lowest BCUT2D eigenvalue weighted by atomic mass is 10.1. The Kier molecular flexibility index (Phi) is 4.99. The first-order valence-corrected chi connectivity index (χ1v) is 5.78. The molecule has 0 spiro atoms. The zero-order valence-corrected chi connectivity index (χ0v) is 10.1. The fourth-order valence-electron chi connectivity index (χ4n) is 2.06. The van der Waals surface area contributed by atoms with Gasteiger partial charge in [0.25, 0.3) is 0 Å². The Morgan fingerprint density at radius 2 is 2.27 bits per heavy atom. The maximum atomic E-state index is 9.20. The Morgan fingerprint density at radius 1 is 1.53 bits per heavy atom. The summed E-state index contributed by atoms with van der Waals surface area (Å²) in [5, 5.41) is 12.5. The summed E-state index contributed by atoms with van der Waals surface area (Å²) >= 11 is 0. The number of morpholine rings is 1. The lowest BCUT2D eigenvalue weighted by Gasteiger charge is -2.39. The van der Waals surface area contributed by atoms with Crippen LogP contribution in [0.1, 0.15) is 20.8 Å². The molecule has 1 aliphatic heterocycles. The first-order chi connectivity index (χ1) is 7.07. The third kappa shape index (κ3) is 4.47. The number of hydrogen-bond acceptors (Lipinski definition) is 4. The van der Waals surface area contributed by atoms with E-state index < -0.39 is 0 Å². The Hall–Kier alpha value is -0.160. The van der Waals surface area contributed by atoms with Crippen molar-refractivity contribution in [3.05, 3.63) is 0 Å². The van der Waals surface area contributed by atoms with Crippen LogP contribution in [-0.4, -0.2) is 61.0 Å². The summed E-state index contributed by atoms with van der Waals surface area (Å²) in [5.41, 5.74) is -0.0511. The molecule has 0 aromatic rings. The van der Waals surface area contributed by atoms with E-state index in [1.807, 2.05) is 0 Å². The Morgan fingerprint density at radius 3 is 2.80 bits per heavy atom. The van der Waals surface area contributed by atoms with Crippen LogP contribution < -0.4 is 5.32 Å². The minimum absolute atomic E-state index is 0.0511. The fourth-order valence-corrected chi connectivity index (χ4v) is 2.06. The maximum Gasteiger partial charge on any atom is 0.0753 e. The van der Waals surface area contributed by atoms with E-state index in [4.69, 9.17) is 4.74 Å². The maximum absolute atomic E-state index is 9.20. The number of aliphatic hydroxyl groups excluding tert-OH is 1. The van der Waals surface area contributed by atoms with E-state index in [-0.39, 0.29) is 18.2 Å². The van der Waals surface area contributed by atoms with E-state index in [1.54, 1.807) is 0 Å². The van der Waals surface area contributed by atoms with Crippen molar-refractivity contribution in [1.29, 1.82) is 0 Å². The minimum Gasteiger partial charge on any atom is -0.395 e. The predicted octanol–water partition coefficient (Wildman–Crippen LogP) is 0.0676. The van der Waals surface area contributed by atoms with E-state index in [2.05, 4.69) is 31.0 Å². The molecular weight excluding hydrogens is 192 g/mol. The molecule has 1 atom stereocenters. The average molecular weight is 216 g/mol. The molecule has 0 aromatic heterocycles. The summed E-state index contributed by atoms with van der Waals surface area (Å²) in [6, 6.07) is 0.184. The molecular formula is C11H24N2O2. The highest BCUT2D eigenvalue weighted by atomic mass is 16.5. The topological polar surface area (TPSA) is 44.7 Å². The van der Waals surface area contributed by atoms with Gasteiger partial charge in [0.1, 0.15) is 0 Å². The van der Waals surface area contributed by atoms with Gasteiger partial charge in [0.2, 0.25) is 0 Å². The number of nitrogens with one attached hydrogen (secondary N) is 1. The van der Waals surface area contributed by atoms with Crippen molar-refractivity contribution in [1.82, 2.24) is 10.2 Å². The summed E-state index contributed by atoms with van der Waals surface area (Å²) in [4.78, 5) is 2.35. The number of ether oxygens (including phenoxy) is 1. The van der Waals surface area contributed by atoms with Crippen LogP contribution in [0.5, 0.6) is 0 Å². The van der Waals surface area contributed by atoms with Crippen molar-refractivity contribution in [2.24, 2.45) is 0 Å². The van der Waals surface area contributed by atoms with Crippen molar-refractivity contribution in [2.75, 3.05) is 39.4 Å². The zero-order chi connectivity index (χ0) is 11.3. The molecule has 2 N–H and O–H groups in total. The third-order valence-corrected chi connectivity index (χ3v) is 2.70. The number of hydrogen-bond donors (Lipinski definition) is 2. The van der Waals surface area contributed by atoms with Gasteiger partial charge in [0, 0.05) is 25.7 Å². The molecule has 1 fully saturated rings. The van der Waals surface area contributed by atoms with Gasteiger partial charge in [-0.1, -0.05) is 6.92 Å². The van der Waals surface area contributed by atoms with E-state index in [0.29, 0.717) is 0 Å². The molecule has 90 valence electrons. The quantitative estimate of drug-likeness (QED) is 0.682. The summed E-state index contributed by atoms with van der Waals surface area (Å²) in [6.45, 7) is 11.0. The molecule has 0 radical (unpaired) electrons. The zero-order valence-electron chi connectivity index (χ0n) is 10.1. The molecule has 4 nitrogen and oxygen atoms in total. The van der Waals surface area contributed by atoms with Crippen molar-refractivity contribution < 1.29 is 9.84 Å². The minimum atomic E-state index is -0.0511. The molecule has 1 saturated heterocycles. The second-order valence-electron chi connectivity index (χ2n) is 4.78. The Balaban J connectivity index is 2.36. The van der Waals surface area contributed by atoms with Gasteiger partial charge in [-0.3, -0.25) is 4.90 Å². The SMILES string of the molecule is CCNC(CO)CN1CCOC(C)(C)C1. The van der Waals surface area contributed by atoms with Gasteiger partial charge in [-0.2, -0.15) is 0 Å². The van der Waals surface area contributed by atoms with Crippen LogP contribution >= 0.6 is 0 Å². The second kappa shape index (κ2) is 5.80. The lowest BCUT2D eigenvalue weighted by molar-refractivity contribution is -0.0884. The van der Waals surface area contributed by atoms with E-state index in [9.17, 15) is 5.11 Å². The summed E-state index contributed by atoms with van der Waals surface area (Å²) in [5.74, 6) is 0. The largest absolute Gasteiger partial charge is 0.395 e. The highest BCUT2D eigenvalue weighted by Crippen LogP contribution is 2.16. The molecule has 0 aromatic carbocycles. The molecule has 0 aliphatic carbocycles. The van der Waals surface area contributed by atoms with Crippen LogP contribution in [0.4, 0.5) is 0 Å². The Labute approximate surface area is 92.6 Å². The van der Waals surface area contributed by atoms with Crippen molar-refractivity contribution >= 4 is 0 Å². The molecule has 0 saturated carbocycles. The highest BCUT2D eigenvalue weighted by molar-refractivity contribution is 4.81. The monoisotopic (exact) mass is 216 g/mol. The first kappa shape index (κ1) is 12.9. The smallest absolute Gasteiger partial charge is 0.0753 e. The van der Waals surface area contributed by atoms with Crippen LogP contribution in [0, 0.1) is 0 Å². The lowest BCUT2D eigenvalue weighted by Crippen LogP contribution is -2.53. The van der Waals surface area contributed by atoms with Crippen LogP contribution in [0.2, 0.25) is 0 Å². The van der Waals surface area contributed by atoms with Gasteiger partial charge >= 0.3 is 0 Å². The van der Waals surface area contributed by atoms with Crippen LogP contribution in [-0.2, 0) is 4.74 Å². The normalized spacial score (nSPS) is 24.0. The average Bonchev–Trinajstić information content (AvgIpc) is 2.15. The van der Waals surface area contributed by atoms with Crippen LogP contribution in [0.15, 0.2) is 0 Å². The van der Waals surface area contributed by atoms with Gasteiger partial charge in [0.05, 0.1) is 18.8 Å². The van der Waals surface area contributed by atoms with E-state index in [1.165, 1.54) is 0 Å². The second-order valence-corrected chi connectivity index (χ2v) is 4.78. The van der Waals surface area contributed by atoms with Gasteiger partial charge < -0.3 is 15.2 Å². The van der Waals surface area contributed by atoms with E-state index in [0.717, 1.165) is 32.8 Å². The molecule has 0 amide bonds. The fraction of sp³-hybridized carbons (Fsp3) is 1.00.